The molecule has 1 unspecified atom stereocenters. The Labute approximate surface area is 120 Å². The van der Waals surface area contributed by atoms with Gasteiger partial charge in [-0.3, -0.25) is 0 Å². The molecule has 0 fully saturated rings. The number of benzene rings is 2. The molecule has 0 saturated carbocycles. The van der Waals surface area contributed by atoms with Crippen LogP contribution in [0, 0.1) is 12.7 Å². The summed E-state index contributed by atoms with van der Waals surface area (Å²) >= 11 is 0. The van der Waals surface area contributed by atoms with Gasteiger partial charge < -0.3 is 5.11 Å². The van der Waals surface area contributed by atoms with Crippen LogP contribution in [0.3, 0.4) is 0 Å². The maximum atomic E-state index is 14.0. The van der Waals surface area contributed by atoms with Crippen LogP contribution in [-0.4, -0.2) is 5.11 Å². The van der Waals surface area contributed by atoms with E-state index in [1.165, 1.54) is 6.07 Å². The van der Waals surface area contributed by atoms with Gasteiger partial charge in [-0.1, -0.05) is 44.2 Å². The van der Waals surface area contributed by atoms with Crippen LogP contribution in [-0.2, 0) is 12.8 Å². The zero-order chi connectivity index (χ0) is 14.7. The first-order valence-corrected chi connectivity index (χ1v) is 7.12. The minimum Gasteiger partial charge on any atom is -0.384 e. The molecule has 0 heterocycles. The summed E-state index contributed by atoms with van der Waals surface area (Å²) in [6, 6.07) is 11.1. The average Bonchev–Trinajstić information content (AvgIpc) is 2.46. The first-order valence-electron chi connectivity index (χ1n) is 7.12. The van der Waals surface area contributed by atoms with Crippen LogP contribution in [0.1, 0.15) is 47.8 Å². The van der Waals surface area contributed by atoms with Crippen molar-refractivity contribution in [2.24, 2.45) is 0 Å². The Balaban J connectivity index is 2.48. The van der Waals surface area contributed by atoms with Crippen LogP contribution in [0.2, 0.25) is 0 Å². The fourth-order valence-corrected chi connectivity index (χ4v) is 2.46. The van der Waals surface area contributed by atoms with E-state index in [1.807, 2.05) is 32.0 Å². The lowest BCUT2D eigenvalue weighted by Crippen LogP contribution is -2.07. The van der Waals surface area contributed by atoms with Crippen molar-refractivity contribution in [2.45, 2.75) is 39.7 Å². The molecule has 0 saturated heterocycles. The van der Waals surface area contributed by atoms with Gasteiger partial charge in [-0.25, -0.2) is 4.39 Å². The Morgan fingerprint density at radius 1 is 1.00 bits per heavy atom. The van der Waals surface area contributed by atoms with Crippen LogP contribution < -0.4 is 0 Å². The summed E-state index contributed by atoms with van der Waals surface area (Å²) in [4.78, 5) is 0. The topological polar surface area (TPSA) is 20.2 Å². The molecule has 0 spiro atoms. The molecule has 0 aliphatic carbocycles. The van der Waals surface area contributed by atoms with Crippen LogP contribution in [0.5, 0.6) is 0 Å². The minimum atomic E-state index is -0.906. The molecule has 1 N–H and O–H groups in total. The van der Waals surface area contributed by atoms with E-state index >= 15 is 0 Å². The molecule has 0 aliphatic rings. The molecule has 2 rings (SSSR count). The average molecular weight is 272 g/mol. The van der Waals surface area contributed by atoms with Crippen molar-refractivity contribution in [3.05, 3.63) is 70.0 Å². The highest BCUT2D eigenvalue weighted by molar-refractivity contribution is 5.40. The number of aryl methyl sites for hydroxylation is 3. The standard InChI is InChI=1S/C18H21FO/c1-4-13-7-8-14(5-2)16(11-13)18(20)15-9-6-12(3)10-17(15)19/h6-11,18,20H,4-5H2,1-3H3. The molecule has 1 atom stereocenters. The van der Waals surface area contributed by atoms with Gasteiger partial charge >= 0.3 is 0 Å². The molecule has 106 valence electrons. The fraction of sp³-hybridized carbons (Fsp3) is 0.333. The van der Waals surface area contributed by atoms with Gasteiger partial charge in [0.1, 0.15) is 11.9 Å². The quantitative estimate of drug-likeness (QED) is 0.877. The molecule has 0 radical (unpaired) electrons. The number of hydrogen-bond donors (Lipinski definition) is 1. The largest absolute Gasteiger partial charge is 0.384 e. The highest BCUT2D eigenvalue weighted by atomic mass is 19.1. The molecule has 0 bridgehead atoms. The minimum absolute atomic E-state index is 0.346. The number of rotatable bonds is 4. The smallest absolute Gasteiger partial charge is 0.129 e. The molecule has 0 aromatic heterocycles. The van der Waals surface area contributed by atoms with Crippen molar-refractivity contribution < 1.29 is 9.50 Å². The maximum absolute atomic E-state index is 14.0. The third-order valence-corrected chi connectivity index (χ3v) is 3.74. The van der Waals surface area contributed by atoms with E-state index in [2.05, 4.69) is 13.0 Å². The molecule has 0 aliphatic heterocycles. The van der Waals surface area contributed by atoms with Crippen LogP contribution in [0.4, 0.5) is 4.39 Å². The van der Waals surface area contributed by atoms with Crippen molar-refractivity contribution in [3.63, 3.8) is 0 Å². The number of aliphatic hydroxyl groups excluding tert-OH is 1. The predicted octanol–water partition coefficient (Wildman–Crippen LogP) is 4.34. The second kappa shape index (κ2) is 6.19. The van der Waals surface area contributed by atoms with Gasteiger partial charge in [-0.05, 0) is 48.1 Å². The van der Waals surface area contributed by atoms with Crippen LogP contribution in [0.25, 0.3) is 0 Å². The Kier molecular flexibility index (Phi) is 4.56. The monoisotopic (exact) mass is 272 g/mol. The van der Waals surface area contributed by atoms with Gasteiger partial charge in [0.2, 0.25) is 0 Å². The second-order valence-corrected chi connectivity index (χ2v) is 5.17. The zero-order valence-electron chi connectivity index (χ0n) is 12.3. The lowest BCUT2D eigenvalue weighted by molar-refractivity contribution is 0.214. The van der Waals surface area contributed by atoms with Gasteiger partial charge in [0.25, 0.3) is 0 Å². The fourth-order valence-electron chi connectivity index (χ4n) is 2.46. The van der Waals surface area contributed by atoms with E-state index in [4.69, 9.17) is 0 Å². The van der Waals surface area contributed by atoms with Crippen molar-refractivity contribution in [1.29, 1.82) is 0 Å². The summed E-state index contributed by atoms with van der Waals surface area (Å²) in [5, 5.41) is 10.6. The van der Waals surface area contributed by atoms with E-state index < -0.39 is 6.10 Å². The van der Waals surface area contributed by atoms with Gasteiger partial charge in [0.15, 0.2) is 0 Å². The van der Waals surface area contributed by atoms with E-state index in [9.17, 15) is 9.50 Å². The van der Waals surface area contributed by atoms with E-state index in [0.717, 1.165) is 35.1 Å². The summed E-state index contributed by atoms with van der Waals surface area (Å²) in [5.74, 6) is -0.346. The Bertz CT molecular complexity index is 604. The molecule has 20 heavy (non-hydrogen) atoms. The predicted molar refractivity (Wildman–Crippen MR) is 80.4 cm³/mol. The first kappa shape index (κ1) is 14.7. The van der Waals surface area contributed by atoms with Gasteiger partial charge in [0, 0.05) is 5.56 Å². The molecule has 2 heteroatoms. The summed E-state index contributed by atoms with van der Waals surface area (Å²) in [5.41, 5.74) is 4.24. The van der Waals surface area contributed by atoms with Crippen LogP contribution >= 0.6 is 0 Å². The van der Waals surface area contributed by atoms with Crippen LogP contribution in [0.15, 0.2) is 36.4 Å². The number of aliphatic hydroxyl groups is 1. The lowest BCUT2D eigenvalue weighted by Gasteiger charge is -2.17. The molecule has 1 nitrogen and oxygen atoms in total. The normalized spacial score (nSPS) is 12.4. The van der Waals surface area contributed by atoms with E-state index in [1.54, 1.807) is 6.07 Å². The second-order valence-electron chi connectivity index (χ2n) is 5.17. The summed E-state index contributed by atoms with van der Waals surface area (Å²) in [6.07, 6.45) is 0.821. The van der Waals surface area contributed by atoms with E-state index in [0.29, 0.717) is 5.56 Å². The molecular formula is C18H21FO. The summed E-state index contributed by atoms with van der Waals surface area (Å²) < 4.78 is 14.0. The van der Waals surface area contributed by atoms with Crippen molar-refractivity contribution in [3.8, 4) is 0 Å². The van der Waals surface area contributed by atoms with Crippen molar-refractivity contribution >= 4 is 0 Å². The van der Waals surface area contributed by atoms with Gasteiger partial charge in [-0.2, -0.15) is 0 Å². The van der Waals surface area contributed by atoms with Crippen molar-refractivity contribution in [1.82, 2.24) is 0 Å². The van der Waals surface area contributed by atoms with Gasteiger partial charge in [0.05, 0.1) is 0 Å². The third kappa shape index (κ3) is 2.91. The highest BCUT2D eigenvalue weighted by Gasteiger charge is 2.18. The Morgan fingerprint density at radius 2 is 1.75 bits per heavy atom. The Hall–Kier alpha value is -1.67. The molecule has 2 aromatic rings. The molecule has 2 aromatic carbocycles. The van der Waals surface area contributed by atoms with Gasteiger partial charge in [-0.15, -0.1) is 0 Å². The number of hydrogen-bond acceptors (Lipinski definition) is 1. The SMILES string of the molecule is CCc1ccc(CC)c(C(O)c2ccc(C)cc2F)c1. The zero-order valence-corrected chi connectivity index (χ0v) is 12.3. The number of halogens is 1. The lowest BCUT2D eigenvalue weighted by atomic mass is 9.92. The van der Waals surface area contributed by atoms with E-state index in [-0.39, 0.29) is 5.82 Å². The van der Waals surface area contributed by atoms with Crippen molar-refractivity contribution in [2.75, 3.05) is 0 Å². The third-order valence-electron chi connectivity index (χ3n) is 3.74. The Morgan fingerprint density at radius 3 is 2.35 bits per heavy atom. The highest BCUT2D eigenvalue weighted by Crippen LogP contribution is 2.28. The molecule has 0 amide bonds. The summed E-state index contributed by atoms with van der Waals surface area (Å²) in [7, 11) is 0. The first-order chi connectivity index (χ1) is 9.56. The maximum Gasteiger partial charge on any atom is 0.129 e. The molecular weight excluding hydrogens is 251 g/mol. The summed E-state index contributed by atoms with van der Waals surface area (Å²) in [6.45, 7) is 5.96.